The van der Waals surface area contributed by atoms with E-state index in [0.29, 0.717) is 19.6 Å². The zero-order valence-electron chi connectivity index (χ0n) is 19.1. The molecule has 5 rings (SSSR count). The van der Waals surface area contributed by atoms with E-state index in [2.05, 4.69) is 0 Å². The first-order valence-corrected chi connectivity index (χ1v) is 12.5. The summed E-state index contributed by atoms with van der Waals surface area (Å²) >= 11 is 0. The number of carbonyl (C=O) groups excluding carboxylic acids is 3. The van der Waals surface area contributed by atoms with Crippen LogP contribution in [0.15, 0.2) is 24.3 Å². The molecule has 5 atom stereocenters. The van der Waals surface area contributed by atoms with Gasteiger partial charge in [-0.1, -0.05) is 43.6 Å². The Hall–Kier alpha value is -2.19. The van der Waals surface area contributed by atoms with Crippen LogP contribution in [0.4, 0.5) is 0 Å². The van der Waals surface area contributed by atoms with Gasteiger partial charge in [-0.15, -0.1) is 0 Å². The number of hydrogen-bond donors (Lipinski definition) is 1. The summed E-state index contributed by atoms with van der Waals surface area (Å²) in [6.07, 6.45) is 14.2. The van der Waals surface area contributed by atoms with E-state index in [4.69, 9.17) is 9.47 Å². The fraction of sp³-hybridized carbons (Fsp3) is 0.720. The average Bonchev–Trinajstić information content (AvgIpc) is 3.23. The lowest BCUT2D eigenvalue weighted by Crippen LogP contribution is -2.57. The molecule has 5 aliphatic rings. The molecule has 0 radical (unpaired) electrons. The monoisotopic (exact) mass is 458 g/mol. The van der Waals surface area contributed by atoms with Crippen molar-refractivity contribution in [2.24, 2.45) is 11.8 Å². The first-order valence-electron chi connectivity index (χ1n) is 12.5. The van der Waals surface area contributed by atoms with Gasteiger partial charge in [0.1, 0.15) is 17.6 Å². The molecular formula is C25H34N2O6. The second kappa shape index (κ2) is 9.22. The average molecular weight is 459 g/mol. The van der Waals surface area contributed by atoms with Gasteiger partial charge in [-0.3, -0.25) is 14.4 Å². The van der Waals surface area contributed by atoms with Gasteiger partial charge in [-0.25, -0.2) is 0 Å². The van der Waals surface area contributed by atoms with Crippen LogP contribution in [0.1, 0.15) is 51.4 Å². The van der Waals surface area contributed by atoms with E-state index in [0.717, 1.165) is 38.5 Å². The molecule has 0 aromatic carbocycles. The normalized spacial score (nSPS) is 38.0. The number of nitrogens with zero attached hydrogens (tertiary/aromatic N) is 2. The number of ether oxygens (including phenoxy) is 2. The first-order chi connectivity index (χ1) is 16.1. The Morgan fingerprint density at radius 2 is 1.88 bits per heavy atom. The third kappa shape index (κ3) is 3.71. The Morgan fingerprint density at radius 3 is 2.67 bits per heavy atom. The number of allylic oxidation sites excluding steroid dienone is 1. The molecule has 0 bridgehead atoms. The van der Waals surface area contributed by atoms with Crippen LogP contribution in [0.5, 0.6) is 0 Å². The first kappa shape index (κ1) is 22.6. The molecule has 1 unspecified atom stereocenters. The summed E-state index contributed by atoms with van der Waals surface area (Å²) in [7, 11) is 0. The summed E-state index contributed by atoms with van der Waals surface area (Å²) in [5.41, 5.74) is -1.20. The van der Waals surface area contributed by atoms with Crippen LogP contribution in [0.3, 0.4) is 0 Å². The van der Waals surface area contributed by atoms with Crippen molar-refractivity contribution >= 4 is 17.8 Å². The predicted molar refractivity (Wildman–Crippen MR) is 119 cm³/mol. The standard InChI is InChI=1S/C25H34N2O6/c28-15-8-14-27-21-23(30)26(17-9-3-1-4-10-17)13-7-12-25(21)20(22(27)29)19-18(33-25)11-5-2-6-16-32-24(19)31/h5,7,11-12,17-21,28H,1-4,6,8-10,13-16H2/b11-5-/t18-,19+,20+,21?,25+/m1/s1. The molecule has 2 saturated heterocycles. The molecular weight excluding hydrogens is 424 g/mol. The second-order valence-corrected chi connectivity index (χ2v) is 9.87. The van der Waals surface area contributed by atoms with E-state index in [9.17, 15) is 19.5 Å². The molecule has 33 heavy (non-hydrogen) atoms. The zero-order chi connectivity index (χ0) is 23.0. The van der Waals surface area contributed by atoms with E-state index < -0.39 is 35.6 Å². The van der Waals surface area contributed by atoms with Crippen LogP contribution in [0, 0.1) is 11.8 Å². The summed E-state index contributed by atoms with van der Waals surface area (Å²) in [5, 5.41) is 9.45. The molecule has 1 N–H and O–H groups in total. The summed E-state index contributed by atoms with van der Waals surface area (Å²) < 4.78 is 12.1. The Labute approximate surface area is 194 Å². The van der Waals surface area contributed by atoms with Gasteiger partial charge in [0.15, 0.2) is 0 Å². The molecule has 180 valence electrons. The maximum Gasteiger partial charge on any atom is 0.312 e. The van der Waals surface area contributed by atoms with Crippen LogP contribution in [0.2, 0.25) is 0 Å². The maximum absolute atomic E-state index is 14.1. The lowest BCUT2D eigenvalue weighted by molar-refractivity contribution is -0.155. The van der Waals surface area contributed by atoms with Crippen LogP contribution in [-0.2, 0) is 23.9 Å². The zero-order valence-corrected chi connectivity index (χ0v) is 19.1. The summed E-state index contributed by atoms with van der Waals surface area (Å²) in [6.45, 7) is 0.960. The van der Waals surface area contributed by atoms with Gasteiger partial charge in [0.05, 0.1) is 18.6 Å². The second-order valence-electron chi connectivity index (χ2n) is 9.87. The highest BCUT2D eigenvalue weighted by Crippen LogP contribution is 2.53. The van der Waals surface area contributed by atoms with Crippen LogP contribution in [-0.4, -0.2) is 82.8 Å². The highest BCUT2D eigenvalue weighted by atomic mass is 16.6. The van der Waals surface area contributed by atoms with E-state index in [1.54, 1.807) is 4.90 Å². The van der Waals surface area contributed by atoms with Crippen molar-refractivity contribution in [2.45, 2.75) is 75.2 Å². The minimum atomic E-state index is -1.20. The van der Waals surface area contributed by atoms with E-state index in [-0.39, 0.29) is 31.0 Å². The number of likely N-dealkylation sites (tertiary alicyclic amines) is 1. The summed E-state index contributed by atoms with van der Waals surface area (Å²) in [4.78, 5) is 44.5. The third-order valence-electron chi connectivity index (χ3n) is 7.95. The highest BCUT2D eigenvalue weighted by Gasteiger charge is 2.71. The number of esters is 1. The van der Waals surface area contributed by atoms with E-state index in [1.165, 1.54) is 6.42 Å². The largest absolute Gasteiger partial charge is 0.465 e. The number of aliphatic hydroxyl groups is 1. The number of carbonyl (C=O) groups is 3. The summed E-state index contributed by atoms with van der Waals surface area (Å²) in [6, 6.07) is -0.679. The van der Waals surface area contributed by atoms with E-state index in [1.807, 2.05) is 29.2 Å². The van der Waals surface area contributed by atoms with Crippen LogP contribution >= 0.6 is 0 Å². The molecule has 1 saturated carbocycles. The lowest BCUT2D eigenvalue weighted by atomic mass is 9.78. The molecule has 2 amide bonds. The highest BCUT2D eigenvalue weighted by molar-refractivity contribution is 5.99. The number of rotatable bonds is 4. The van der Waals surface area contributed by atoms with Gasteiger partial charge in [-0.05, 0) is 32.1 Å². The van der Waals surface area contributed by atoms with Gasteiger partial charge in [-0.2, -0.15) is 0 Å². The molecule has 4 aliphatic heterocycles. The minimum absolute atomic E-state index is 0.0811. The SMILES string of the molecule is O=C1OCCC/C=C\[C@H]2O[C@]34C=CCN(C5CCCCC5)C(=O)C3N(CCCO)C(=O)[C@@H]4[C@@H]12. The topological polar surface area (TPSA) is 96.4 Å². The van der Waals surface area contributed by atoms with Crippen molar-refractivity contribution in [3.63, 3.8) is 0 Å². The van der Waals surface area contributed by atoms with Crippen LogP contribution in [0.25, 0.3) is 0 Å². The Morgan fingerprint density at radius 1 is 1.06 bits per heavy atom. The molecule has 4 heterocycles. The van der Waals surface area contributed by atoms with Crippen molar-refractivity contribution in [3.05, 3.63) is 24.3 Å². The predicted octanol–water partition coefficient (Wildman–Crippen LogP) is 1.57. The molecule has 8 nitrogen and oxygen atoms in total. The van der Waals surface area contributed by atoms with Crippen molar-refractivity contribution in [1.29, 1.82) is 0 Å². The Balaban J connectivity index is 1.56. The summed E-state index contributed by atoms with van der Waals surface area (Å²) in [5.74, 6) is -2.39. The van der Waals surface area contributed by atoms with Gasteiger partial charge in [0.25, 0.3) is 0 Å². The molecule has 1 aliphatic carbocycles. The quantitative estimate of drug-likeness (QED) is 0.508. The lowest BCUT2D eigenvalue weighted by Gasteiger charge is -2.39. The smallest absolute Gasteiger partial charge is 0.312 e. The molecule has 8 heteroatoms. The number of hydrogen-bond acceptors (Lipinski definition) is 6. The number of cyclic esters (lactones) is 1. The number of aliphatic hydroxyl groups excluding tert-OH is 1. The van der Waals surface area contributed by atoms with Gasteiger partial charge in [0, 0.05) is 25.7 Å². The van der Waals surface area contributed by atoms with Crippen molar-refractivity contribution in [1.82, 2.24) is 9.80 Å². The van der Waals surface area contributed by atoms with E-state index >= 15 is 0 Å². The van der Waals surface area contributed by atoms with Crippen molar-refractivity contribution < 1.29 is 29.0 Å². The molecule has 0 aromatic rings. The fourth-order valence-electron chi connectivity index (χ4n) is 6.47. The Kier molecular flexibility index (Phi) is 6.31. The molecule has 3 fully saturated rings. The number of fused-ring (bicyclic) bond motifs is 2. The third-order valence-corrected chi connectivity index (χ3v) is 7.95. The maximum atomic E-state index is 14.1. The number of amides is 2. The van der Waals surface area contributed by atoms with Crippen molar-refractivity contribution in [2.75, 3.05) is 26.3 Å². The fourth-order valence-corrected chi connectivity index (χ4v) is 6.47. The van der Waals surface area contributed by atoms with Gasteiger partial charge in [0.2, 0.25) is 11.8 Å². The van der Waals surface area contributed by atoms with Crippen LogP contribution < -0.4 is 0 Å². The van der Waals surface area contributed by atoms with Gasteiger partial charge < -0.3 is 24.4 Å². The molecule has 1 spiro atoms. The van der Waals surface area contributed by atoms with Gasteiger partial charge >= 0.3 is 5.97 Å². The Bertz CT molecular complexity index is 850. The molecule has 0 aromatic heterocycles. The minimum Gasteiger partial charge on any atom is -0.465 e. The van der Waals surface area contributed by atoms with Crippen molar-refractivity contribution in [3.8, 4) is 0 Å².